The molecule has 0 saturated carbocycles. The average molecular weight is 371 g/mol. The van der Waals surface area contributed by atoms with Crippen molar-refractivity contribution in [2.45, 2.75) is 31.7 Å². The molecule has 2 heterocycles. The van der Waals surface area contributed by atoms with Crippen LogP contribution >= 0.6 is 11.6 Å². The summed E-state index contributed by atoms with van der Waals surface area (Å²) in [6, 6.07) is 11.6. The molecule has 1 fully saturated rings. The Morgan fingerprint density at radius 3 is 2.73 bits per heavy atom. The fourth-order valence-corrected chi connectivity index (χ4v) is 4.02. The predicted molar refractivity (Wildman–Crippen MR) is 103 cm³/mol. The molecule has 2 aromatic carbocycles. The topological polar surface area (TPSA) is 34.0 Å². The van der Waals surface area contributed by atoms with E-state index in [9.17, 15) is 9.18 Å². The lowest BCUT2D eigenvalue weighted by atomic mass is 9.92. The smallest absolute Gasteiger partial charge is 0.262 e. The van der Waals surface area contributed by atoms with Crippen molar-refractivity contribution < 1.29 is 9.18 Å². The minimum absolute atomic E-state index is 0.171. The van der Waals surface area contributed by atoms with Crippen LogP contribution in [0.4, 0.5) is 4.39 Å². The number of carbonyl (C=O) groups excluding carboxylic acids is 1. The first-order chi connectivity index (χ1) is 12.5. The van der Waals surface area contributed by atoms with Gasteiger partial charge >= 0.3 is 0 Å². The van der Waals surface area contributed by atoms with Crippen LogP contribution in [0.2, 0.25) is 5.02 Å². The summed E-state index contributed by atoms with van der Waals surface area (Å²) in [5.41, 5.74) is 2.39. The van der Waals surface area contributed by atoms with E-state index < -0.39 is 0 Å². The van der Waals surface area contributed by atoms with Gasteiger partial charge < -0.3 is 5.32 Å². The highest BCUT2D eigenvalue weighted by Gasteiger charge is 2.26. The molecule has 2 atom stereocenters. The van der Waals surface area contributed by atoms with Gasteiger partial charge in [0, 0.05) is 28.2 Å². The van der Waals surface area contributed by atoms with Crippen LogP contribution in [0.5, 0.6) is 0 Å². The molecule has 2 unspecified atom stereocenters. The zero-order chi connectivity index (χ0) is 18.3. The molecule has 0 amide bonds. The van der Waals surface area contributed by atoms with E-state index in [1.54, 1.807) is 10.6 Å². The van der Waals surface area contributed by atoms with E-state index in [4.69, 9.17) is 11.6 Å². The van der Waals surface area contributed by atoms with E-state index in [1.807, 2.05) is 18.3 Å². The molecule has 134 valence electrons. The summed E-state index contributed by atoms with van der Waals surface area (Å²) in [6.07, 6.45) is 4.21. The maximum absolute atomic E-state index is 13.2. The highest BCUT2D eigenvalue weighted by Crippen LogP contribution is 2.34. The van der Waals surface area contributed by atoms with Crippen molar-refractivity contribution in [3.8, 4) is 0 Å². The van der Waals surface area contributed by atoms with Crippen molar-refractivity contribution in [3.05, 3.63) is 70.6 Å². The number of carbonyl (C=O) groups is 1. The zero-order valence-corrected chi connectivity index (χ0v) is 15.3. The molecular weight excluding hydrogens is 351 g/mol. The minimum Gasteiger partial charge on any atom is -0.313 e. The molecule has 1 N–H and O–H groups in total. The number of hydrogen-bond acceptors (Lipinski definition) is 2. The van der Waals surface area contributed by atoms with Gasteiger partial charge in [-0.25, -0.2) is 4.39 Å². The standard InChI is InChI=1S/C21H20ClFN2O/c1-13(19-3-2-10-24-19)18-12-25(20-9-6-15(22)11-17(18)20)21(26)14-4-7-16(23)8-5-14/h4-9,11-13,19,24H,2-3,10H2,1H3. The summed E-state index contributed by atoms with van der Waals surface area (Å²) in [7, 11) is 0. The SMILES string of the molecule is CC(c1cn(C(=O)c2ccc(F)cc2)c2ccc(Cl)cc12)C1CCCN1. The Hall–Kier alpha value is -2.17. The van der Waals surface area contributed by atoms with Gasteiger partial charge in [0.05, 0.1) is 5.52 Å². The third kappa shape index (κ3) is 3.04. The number of halogens is 2. The molecular formula is C21H20ClFN2O. The molecule has 4 rings (SSSR count). The molecule has 5 heteroatoms. The molecule has 0 bridgehead atoms. The fourth-order valence-electron chi connectivity index (χ4n) is 3.85. The molecule has 26 heavy (non-hydrogen) atoms. The van der Waals surface area contributed by atoms with Crippen molar-refractivity contribution in [1.29, 1.82) is 0 Å². The quantitative estimate of drug-likeness (QED) is 0.705. The van der Waals surface area contributed by atoms with Gasteiger partial charge in [0.2, 0.25) is 0 Å². The van der Waals surface area contributed by atoms with Gasteiger partial charge in [-0.3, -0.25) is 9.36 Å². The molecule has 1 aromatic heterocycles. The summed E-state index contributed by atoms with van der Waals surface area (Å²) in [6.45, 7) is 3.22. The normalized spacial score (nSPS) is 18.3. The summed E-state index contributed by atoms with van der Waals surface area (Å²) in [4.78, 5) is 13.0. The molecule has 3 aromatic rings. The van der Waals surface area contributed by atoms with Gasteiger partial charge in [0.1, 0.15) is 5.82 Å². The third-order valence-electron chi connectivity index (χ3n) is 5.30. The second-order valence-corrected chi connectivity index (χ2v) is 7.36. The number of rotatable bonds is 3. The first-order valence-corrected chi connectivity index (χ1v) is 9.26. The second-order valence-electron chi connectivity index (χ2n) is 6.92. The van der Waals surface area contributed by atoms with Crippen LogP contribution in [0, 0.1) is 5.82 Å². The lowest BCUT2D eigenvalue weighted by Gasteiger charge is -2.19. The van der Waals surface area contributed by atoms with Crippen molar-refractivity contribution >= 4 is 28.4 Å². The van der Waals surface area contributed by atoms with E-state index >= 15 is 0 Å². The van der Waals surface area contributed by atoms with Gasteiger partial charge in [-0.2, -0.15) is 0 Å². The van der Waals surface area contributed by atoms with Crippen LogP contribution < -0.4 is 5.32 Å². The first-order valence-electron chi connectivity index (χ1n) is 8.89. The molecule has 1 aliphatic heterocycles. The molecule has 0 aliphatic carbocycles. The Morgan fingerprint density at radius 1 is 1.27 bits per heavy atom. The second kappa shape index (κ2) is 6.86. The Balaban J connectivity index is 1.82. The first kappa shape index (κ1) is 17.3. The van der Waals surface area contributed by atoms with Crippen LogP contribution in [-0.4, -0.2) is 23.1 Å². The lowest BCUT2D eigenvalue weighted by Crippen LogP contribution is -2.27. The zero-order valence-electron chi connectivity index (χ0n) is 14.5. The number of fused-ring (bicyclic) bond motifs is 1. The monoisotopic (exact) mass is 370 g/mol. The predicted octanol–water partition coefficient (Wildman–Crippen LogP) is 4.98. The maximum atomic E-state index is 13.2. The number of hydrogen-bond donors (Lipinski definition) is 1. The molecule has 3 nitrogen and oxygen atoms in total. The van der Waals surface area contributed by atoms with Gasteiger partial charge in [-0.15, -0.1) is 0 Å². The van der Waals surface area contributed by atoms with Gasteiger partial charge in [-0.05, 0) is 73.3 Å². The van der Waals surface area contributed by atoms with E-state index in [-0.39, 0.29) is 17.6 Å². The van der Waals surface area contributed by atoms with Crippen molar-refractivity contribution in [3.63, 3.8) is 0 Å². The third-order valence-corrected chi connectivity index (χ3v) is 5.53. The van der Waals surface area contributed by atoms with Crippen LogP contribution in [0.1, 0.15) is 41.6 Å². The van der Waals surface area contributed by atoms with Crippen molar-refractivity contribution in [2.24, 2.45) is 0 Å². The summed E-state index contributed by atoms with van der Waals surface area (Å²) >= 11 is 6.23. The lowest BCUT2D eigenvalue weighted by molar-refractivity contribution is 0.0964. The summed E-state index contributed by atoms with van der Waals surface area (Å²) in [5.74, 6) is -0.261. The van der Waals surface area contributed by atoms with Crippen LogP contribution in [0.3, 0.4) is 0 Å². The average Bonchev–Trinajstić information content (AvgIpc) is 3.29. The van der Waals surface area contributed by atoms with E-state index in [1.165, 1.54) is 30.7 Å². The van der Waals surface area contributed by atoms with E-state index in [2.05, 4.69) is 12.2 Å². The van der Waals surface area contributed by atoms with Crippen LogP contribution in [0.15, 0.2) is 48.7 Å². The molecule has 0 radical (unpaired) electrons. The summed E-state index contributed by atoms with van der Waals surface area (Å²) in [5, 5.41) is 5.19. The van der Waals surface area contributed by atoms with Gasteiger partial charge in [0.15, 0.2) is 0 Å². The van der Waals surface area contributed by atoms with Crippen LogP contribution in [0.25, 0.3) is 10.9 Å². The van der Waals surface area contributed by atoms with E-state index in [0.29, 0.717) is 16.6 Å². The Morgan fingerprint density at radius 2 is 2.04 bits per heavy atom. The Labute approximate surface area is 156 Å². The van der Waals surface area contributed by atoms with Crippen molar-refractivity contribution in [1.82, 2.24) is 9.88 Å². The van der Waals surface area contributed by atoms with Crippen molar-refractivity contribution in [2.75, 3.05) is 6.54 Å². The highest BCUT2D eigenvalue weighted by molar-refractivity contribution is 6.31. The Bertz CT molecular complexity index is 958. The number of nitrogens with one attached hydrogen (secondary N) is 1. The van der Waals surface area contributed by atoms with Gasteiger partial charge in [0.25, 0.3) is 5.91 Å². The molecule has 1 saturated heterocycles. The molecule has 0 spiro atoms. The fraction of sp³-hybridized carbons (Fsp3) is 0.286. The summed E-state index contributed by atoms with van der Waals surface area (Å²) < 4.78 is 14.8. The number of benzene rings is 2. The largest absolute Gasteiger partial charge is 0.313 e. The van der Waals surface area contributed by atoms with E-state index in [0.717, 1.165) is 29.4 Å². The van der Waals surface area contributed by atoms with Gasteiger partial charge in [-0.1, -0.05) is 18.5 Å². The van der Waals surface area contributed by atoms with Crippen LogP contribution in [-0.2, 0) is 0 Å². The Kier molecular flexibility index (Phi) is 4.55. The maximum Gasteiger partial charge on any atom is 0.262 e. The number of nitrogens with zero attached hydrogens (tertiary/aromatic N) is 1. The number of aromatic nitrogens is 1. The molecule has 1 aliphatic rings. The minimum atomic E-state index is -0.354. The highest BCUT2D eigenvalue weighted by atomic mass is 35.5.